The van der Waals surface area contributed by atoms with Crippen molar-refractivity contribution in [3.8, 4) is 5.88 Å². The number of thioether (sulfide) groups is 1. The minimum atomic E-state index is -0.256. The molecule has 2 aromatic heterocycles. The average molecular weight is 484 g/mol. The Morgan fingerprint density at radius 2 is 2.21 bits per heavy atom. The molecule has 178 valence electrons. The van der Waals surface area contributed by atoms with Crippen molar-refractivity contribution in [2.24, 2.45) is 5.92 Å². The first kappa shape index (κ1) is 22.9. The Bertz CT molecular complexity index is 1210. The van der Waals surface area contributed by atoms with E-state index in [1.165, 1.54) is 24.9 Å². The zero-order valence-corrected chi connectivity index (χ0v) is 19.7. The minimum Gasteiger partial charge on any atom is -0.480 e. The van der Waals surface area contributed by atoms with Crippen molar-refractivity contribution in [1.29, 1.82) is 0 Å². The fourth-order valence-corrected chi connectivity index (χ4v) is 5.07. The number of anilines is 1. The molecular formula is C23H26FN7O2S. The first-order valence-electron chi connectivity index (χ1n) is 11.3. The Labute approximate surface area is 200 Å². The van der Waals surface area contributed by atoms with Crippen LogP contribution in [0.5, 0.6) is 5.88 Å². The van der Waals surface area contributed by atoms with E-state index < -0.39 is 0 Å². The van der Waals surface area contributed by atoms with E-state index in [9.17, 15) is 9.18 Å². The van der Waals surface area contributed by atoms with Gasteiger partial charge in [0.05, 0.1) is 42.0 Å². The van der Waals surface area contributed by atoms with Crippen LogP contribution in [0.1, 0.15) is 17.7 Å². The molecule has 0 radical (unpaired) electrons. The first-order chi connectivity index (χ1) is 16.6. The number of rotatable bonds is 8. The number of benzene rings is 1. The highest BCUT2D eigenvalue weighted by atomic mass is 32.2. The van der Waals surface area contributed by atoms with Crippen LogP contribution in [0, 0.1) is 11.7 Å². The van der Waals surface area contributed by atoms with Crippen molar-refractivity contribution in [1.82, 2.24) is 30.2 Å². The third-order valence-corrected chi connectivity index (χ3v) is 7.10. The summed E-state index contributed by atoms with van der Waals surface area (Å²) in [4.78, 5) is 31.6. The molecule has 11 heteroatoms. The van der Waals surface area contributed by atoms with E-state index in [0.717, 1.165) is 43.3 Å². The van der Waals surface area contributed by atoms with Crippen molar-refractivity contribution in [3.63, 3.8) is 0 Å². The van der Waals surface area contributed by atoms with E-state index in [0.29, 0.717) is 52.9 Å². The van der Waals surface area contributed by atoms with E-state index in [1.807, 2.05) is 0 Å². The summed E-state index contributed by atoms with van der Waals surface area (Å²) < 4.78 is 19.8. The number of aromatic nitrogens is 4. The van der Waals surface area contributed by atoms with E-state index in [-0.39, 0.29) is 11.7 Å². The van der Waals surface area contributed by atoms with Gasteiger partial charge >= 0.3 is 0 Å². The van der Waals surface area contributed by atoms with Gasteiger partial charge < -0.3 is 20.3 Å². The molecule has 0 unspecified atom stereocenters. The molecule has 1 aromatic carbocycles. The molecule has 1 fully saturated rings. The normalized spacial score (nSPS) is 18.2. The van der Waals surface area contributed by atoms with Crippen LogP contribution in [-0.2, 0) is 17.8 Å². The van der Waals surface area contributed by atoms with Gasteiger partial charge in [-0.2, -0.15) is 0 Å². The van der Waals surface area contributed by atoms with Crippen LogP contribution in [-0.4, -0.2) is 69.8 Å². The van der Waals surface area contributed by atoms with Gasteiger partial charge in [0.2, 0.25) is 11.8 Å². The van der Waals surface area contributed by atoms with Gasteiger partial charge in [-0.25, -0.2) is 24.3 Å². The summed E-state index contributed by atoms with van der Waals surface area (Å²) in [6, 6.07) is 3.11. The maximum Gasteiger partial charge on any atom is 0.236 e. The lowest BCUT2D eigenvalue weighted by Crippen LogP contribution is -2.28. The van der Waals surface area contributed by atoms with Gasteiger partial charge in [-0.05, 0) is 44.0 Å². The molecule has 3 aromatic rings. The largest absolute Gasteiger partial charge is 0.480 e. The van der Waals surface area contributed by atoms with Crippen LogP contribution in [0.15, 0.2) is 29.6 Å². The molecule has 9 nitrogen and oxygen atoms in total. The highest BCUT2D eigenvalue weighted by Crippen LogP contribution is 2.27. The van der Waals surface area contributed by atoms with Gasteiger partial charge in [0.25, 0.3) is 0 Å². The number of amides is 1. The molecule has 2 N–H and O–H groups in total. The number of fused-ring (bicyclic) bond motifs is 2. The van der Waals surface area contributed by atoms with Crippen molar-refractivity contribution >= 4 is 34.5 Å². The summed E-state index contributed by atoms with van der Waals surface area (Å²) in [6.45, 7) is 4.16. The number of hydrogen-bond acceptors (Lipinski definition) is 9. The Kier molecular flexibility index (Phi) is 6.84. The Balaban J connectivity index is 1.12. The fraction of sp³-hybridized carbons (Fsp3) is 0.435. The number of nitrogens with zero attached hydrogens (tertiary/aromatic N) is 5. The number of halogens is 1. The van der Waals surface area contributed by atoms with E-state index in [1.54, 1.807) is 18.5 Å². The molecule has 2 aliphatic heterocycles. The molecule has 1 amide bonds. The van der Waals surface area contributed by atoms with Crippen molar-refractivity contribution < 1.29 is 13.9 Å². The Morgan fingerprint density at radius 3 is 3.09 bits per heavy atom. The van der Waals surface area contributed by atoms with Gasteiger partial charge in [-0.1, -0.05) is 11.8 Å². The lowest BCUT2D eigenvalue weighted by atomic mass is 10.1. The lowest BCUT2D eigenvalue weighted by molar-refractivity contribution is -0.113. The van der Waals surface area contributed by atoms with Crippen LogP contribution < -0.4 is 15.4 Å². The van der Waals surface area contributed by atoms with Crippen molar-refractivity contribution in [2.75, 3.05) is 44.4 Å². The SMILES string of the molecule is COc1cnc2ccc(F)c(CCN3CC[C@@H](CNCc4cnc5c(n4)NC(=O)CS5)C3)c2n1. The molecule has 0 bridgehead atoms. The monoisotopic (exact) mass is 483 g/mol. The minimum absolute atomic E-state index is 0.0440. The summed E-state index contributed by atoms with van der Waals surface area (Å²) in [6.07, 6.45) is 4.96. The maximum atomic E-state index is 14.6. The number of methoxy groups -OCH3 is 1. The van der Waals surface area contributed by atoms with Crippen LogP contribution >= 0.6 is 11.8 Å². The number of likely N-dealkylation sites (tertiary alicyclic amines) is 1. The number of carbonyl (C=O) groups is 1. The molecule has 1 saturated heterocycles. The summed E-state index contributed by atoms with van der Waals surface area (Å²) >= 11 is 1.41. The second-order valence-electron chi connectivity index (χ2n) is 8.49. The molecule has 2 aliphatic rings. The van der Waals surface area contributed by atoms with Gasteiger partial charge in [-0.3, -0.25) is 4.79 Å². The second-order valence-corrected chi connectivity index (χ2v) is 9.46. The first-order valence-corrected chi connectivity index (χ1v) is 12.3. The lowest BCUT2D eigenvalue weighted by Gasteiger charge is -2.17. The van der Waals surface area contributed by atoms with Crippen molar-refractivity contribution in [3.05, 3.63) is 41.6 Å². The molecule has 5 rings (SSSR count). The molecule has 1 atom stereocenters. The van der Waals surface area contributed by atoms with Crippen LogP contribution in [0.4, 0.5) is 10.2 Å². The molecule has 34 heavy (non-hydrogen) atoms. The molecule has 4 heterocycles. The zero-order valence-electron chi connectivity index (χ0n) is 18.9. The predicted octanol–water partition coefficient (Wildman–Crippen LogP) is 2.27. The third kappa shape index (κ3) is 5.11. The standard InChI is InChI=1S/C23H26FN7O2S/c1-33-20-11-26-18-3-2-17(24)16(21(18)30-20)5-7-31-6-4-14(12-31)8-25-9-15-10-27-23-22(28-15)29-19(32)13-34-23/h2-3,10-11,14,25H,4-9,12-13H2,1H3,(H,28,29,32)/t14-/m0/s1. The maximum absolute atomic E-state index is 14.6. The topological polar surface area (TPSA) is 105 Å². The molecule has 0 aliphatic carbocycles. The van der Waals surface area contributed by atoms with Crippen LogP contribution in [0.2, 0.25) is 0 Å². The van der Waals surface area contributed by atoms with E-state index in [4.69, 9.17) is 4.74 Å². The fourth-order valence-electron chi connectivity index (χ4n) is 4.37. The molecule has 0 spiro atoms. The van der Waals surface area contributed by atoms with Gasteiger partial charge in [0.15, 0.2) is 5.82 Å². The van der Waals surface area contributed by atoms with Gasteiger partial charge in [0, 0.05) is 25.2 Å². The van der Waals surface area contributed by atoms with Crippen LogP contribution in [0.25, 0.3) is 11.0 Å². The Hall–Kier alpha value is -2.89. The molecular weight excluding hydrogens is 457 g/mol. The summed E-state index contributed by atoms with van der Waals surface area (Å²) in [5.41, 5.74) is 2.63. The van der Waals surface area contributed by atoms with E-state index >= 15 is 0 Å². The van der Waals surface area contributed by atoms with Gasteiger partial charge in [0.1, 0.15) is 10.8 Å². The molecule has 0 saturated carbocycles. The predicted molar refractivity (Wildman–Crippen MR) is 127 cm³/mol. The van der Waals surface area contributed by atoms with E-state index in [2.05, 4.69) is 35.5 Å². The highest BCUT2D eigenvalue weighted by Gasteiger charge is 2.23. The van der Waals surface area contributed by atoms with Gasteiger partial charge in [-0.15, -0.1) is 0 Å². The second kappa shape index (κ2) is 10.2. The average Bonchev–Trinajstić information content (AvgIpc) is 3.30. The number of ether oxygens (including phenoxy) is 1. The van der Waals surface area contributed by atoms with Crippen LogP contribution in [0.3, 0.4) is 0 Å². The quantitative estimate of drug-likeness (QED) is 0.499. The third-order valence-electron chi connectivity index (χ3n) is 6.12. The Morgan fingerprint density at radius 1 is 1.29 bits per heavy atom. The summed E-state index contributed by atoms with van der Waals surface area (Å²) in [7, 11) is 1.53. The summed E-state index contributed by atoms with van der Waals surface area (Å²) in [5.74, 6) is 1.53. The number of hydrogen-bond donors (Lipinski definition) is 2. The summed E-state index contributed by atoms with van der Waals surface area (Å²) in [5, 5.41) is 7.00. The number of carbonyl (C=O) groups excluding carboxylic acids is 1. The zero-order chi connectivity index (χ0) is 23.5. The smallest absolute Gasteiger partial charge is 0.236 e. The number of nitrogens with one attached hydrogen (secondary N) is 2. The van der Waals surface area contributed by atoms with Crippen molar-refractivity contribution in [2.45, 2.75) is 24.4 Å². The highest BCUT2D eigenvalue weighted by molar-refractivity contribution is 8.00.